The maximum Gasteiger partial charge on any atom is 0.234 e. The van der Waals surface area contributed by atoms with E-state index in [9.17, 15) is 4.79 Å². The molecule has 5 heteroatoms. The molecule has 1 aliphatic rings. The van der Waals surface area contributed by atoms with Gasteiger partial charge in [0.25, 0.3) is 0 Å². The Morgan fingerprint density at radius 3 is 2.96 bits per heavy atom. The molecule has 116 valence electrons. The second kappa shape index (κ2) is 5.85. The first-order chi connectivity index (χ1) is 11.3. The molecule has 4 rings (SSSR count). The number of piperazine rings is 1. The summed E-state index contributed by atoms with van der Waals surface area (Å²) >= 11 is 0. The van der Waals surface area contributed by atoms with E-state index in [1.165, 1.54) is 0 Å². The Morgan fingerprint density at radius 2 is 2.09 bits per heavy atom. The molecule has 23 heavy (non-hydrogen) atoms. The molecule has 1 amide bonds. The highest BCUT2D eigenvalue weighted by atomic mass is 16.3. The van der Waals surface area contributed by atoms with E-state index in [-0.39, 0.29) is 5.91 Å². The maximum atomic E-state index is 11.5. The number of nitrogens with zero attached hydrogens (tertiary/aromatic N) is 2. The number of benzene rings is 2. The van der Waals surface area contributed by atoms with E-state index in [0.717, 1.165) is 35.3 Å². The summed E-state index contributed by atoms with van der Waals surface area (Å²) in [7, 11) is 0. The van der Waals surface area contributed by atoms with Crippen molar-refractivity contribution in [1.82, 2.24) is 15.2 Å². The van der Waals surface area contributed by atoms with Gasteiger partial charge in [0.2, 0.25) is 11.8 Å². The van der Waals surface area contributed by atoms with Crippen LogP contribution >= 0.6 is 0 Å². The zero-order chi connectivity index (χ0) is 15.6. The molecule has 1 aromatic heterocycles. The van der Waals surface area contributed by atoms with E-state index in [2.05, 4.69) is 27.3 Å². The van der Waals surface area contributed by atoms with Crippen molar-refractivity contribution in [3.8, 4) is 11.5 Å². The van der Waals surface area contributed by atoms with Gasteiger partial charge in [0.05, 0.1) is 6.54 Å². The van der Waals surface area contributed by atoms with Gasteiger partial charge >= 0.3 is 0 Å². The van der Waals surface area contributed by atoms with Crippen LogP contribution in [0.3, 0.4) is 0 Å². The molecule has 5 nitrogen and oxygen atoms in total. The fraction of sp³-hybridized carbons (Fsp3) is 0.222. The van der Waals surface area contributed by atoms with Crippen LogP contribution in [-0.2, 0) is 11.3 Å². The minimum absolute atomic E-state index is 0.0892. The molecule has 1 saturated heterocycles. The highest BCUT2D eigenvalue weighted by molar-refractivity contribution is 5.78. The SMILES string of the molecule is O=C1CN(Cc2cccc(-c3nc4ccccc4o3)c2)CCN1. The largest absolute Gasteiger partial charge is 0.436 e. The van der Waals surface area contributed by atoms with Crippen molar-refractivity contribution >= 4 is 17.0 Å². The van der Waals surface area contributed by atoms with Crippen LogP contribution < -0.4 is 5.32 Å². The Balaban J connectivity index is 1.59. The lowest BCUT2D eigenvalue weighted by molar-refractivity contribution is -0.124. The first-order valence-electron chi connectivity index (χ1n) is 7.72. The van der Waals surface area contributed by atoms with E-state index in [1.54, 1.807) is 0 Å². The lowest BCUT2D eigenvalue weighted by Crippen LogP contribution is -2.47. The Bertz CT molecular complexity index is 823. The predicted octanol–water partition coefficient (Wildman–Crippen LogP) is 2.43. The van der Waals surface area contributed by atoms with Crippen LogP contribution in [0.5, 0.6) is 0 Å². The van der Waals surface area contributed by atoms with Crippen LogP contribution in [0.1, 0.15) is 5.56 Å². The average molecular weight is 307 g/mol. The molecule has 0 atom stereocenters. The lowest BCUT2D eigenvalue weighted by Gasteiger charge is -2.26. The highest BCUT2D eigenvalue weighted by Crippen LogP contribution is 2.25. The standard InChI is InChI=1S/C18H17N3O2/c22-17-12-21(9-8-19-17)11-13-4-3-5-14(10-13)18-20-15-6-1-2-7-16(15)23-18/h1-7,10H,8-9,11-12H2,(H,19,22). The molecule has 2 heterocycles. The molecule has 1 aliphatic heterocycles. The monoisotopic (exact) mass is 307 g/mol. The van der Waals surface area contributed by atoms with Gasteiger partial charge in [-0.15, -0.1) is 0 Å². The Kier molecular flexibility index (Phi) is 3.55. The number of para-hydroxylation sites is 2. The quantitative estimate of drug-likeness (QED) is 0.807. The predicted molar refractivity (Wildman–Crippen MR) is 87.7 cm³/mol. The van der Waals surface area contributed by atoms with Crippen LogP contribution in [0, 0.1) is 0 Å². The molecule has 0 saturated carbocycles. The number of hydrogen-bond acceptors (Lipinski definition) is 4. The first kappa shape index (κ1) is 14.0. The van der Waals surface area contributed by atoms with Crippen molar-refractivity contribution in [2.45, 2.75) is 6.54 Å². The number of nitrogens with one attached hydrogen (secondary N) is 1. The van der Waals surface area contributed by atoms with Crippen LogP contribution in [0.15, 0.2) is 52.9 Å². The number of oxazole rings is 1. The van der Waals surface area contributed by atoms with Crippen LogP contribution in [0.4, 0.5) is 0 Å². The van der Waals surface area contributed by atoms with Crippen molar-refractivity contribution in [1.29, 1.82) is 0 Å². The summed E-state index contributed by atoms with van der Waals surface area (Å²) < 4.78 is 5.83. The van der Waals surface area contributed by atoms with E-state index in [4.69, 9.17) is 4.42 Å². The van der Waals surface area contributed by atoms with E-state index in [0.29, 0.717) is 19.0 Å². The fourth-order valence-corrected chi connectivity index (χ4v) is 2.88. The minimum atomic E-state index is 0.0892. The van der Waals surface area contributed by atoms with Gasteiger partial charge in [-0.3, -0.25) is 9.69 Å². The van der Waals surface area contributed by atoms with Crippen LogP contribution in [0.2, 0.25) is 0 Å². The molecule has 0 bridgehead atoms. The smallest absolute Gasteiger partial charge is 0.234 e. The lowest BCUT2D eigenvalue weighted by atomic mass is 10.1. The zero-order valence-electron chi connectivity index (χ0n) is 12.7. The Labute approximate surface area is 133 Å². The van der Waals surface area contributed by atoms with Crippen molar-refractivity contribution in [2.24, 2.45) is 0 Å². The fourth-order valence-electron chi connectivity index (χ4n) is 2.88. The first-order valence-corrected chi connectivity index (χ1v) is 7.72. The van der Waals surface area contributed by atoms with Crippen molar-refractivity contribution in [3.05, 3.63) is 54.1 Å². The summed E-state index contributed by atoms with van der Waals surface area (Å²) in [6.45, 7) is 2.79. The van der Waals surface area contributed by atoms with Gasteiger partial charge in [0, 0.05) is 25.2 Å². The zero-order valence-corrected chi connectivity index (χ0v) is 12.7. The van der Waals surface area contributed by atoms with Gasteiger partial charge in [-0.25, -0.2) is 4.98 Å². The number of carbonyl (C=O) groups is 1. The summed E-state index contributed by atoms with van der Waals surface area (Å²) in [4.78, 5) is 18.2. The summed E-state index contributed by atoms with van der Waals surface area (Å²) in [6, 6.07) is 15.9. The van der Waals surface area contributed by atoms with E-state index >= 15 is 0 Å². The topological polar surface area (TPSA) is 58.4 Å². The van der Waals surface area contributed by atoms with Crippen LogP contribution in [0.25, 0.3) is 22.6 Å². The summed E-state index contributed by atoms with van der Waals surface area (Å²) in [6.07, 6.45) is 0. The summed E-state index contributed by atoms with van der Waals surface area (Å²) in [5.74, 6) is 0.718. The minimum Gasteiger partial charge on any atom is -0.436 e. The van der Waals surface area contributed by atoms with Crippen molar-refractivity contribution in [3.63, 3.8) is 0 Å². The summed E-state index contributed by atoms with van der Waals surface area (Å²) in [5.41, 5.74) is 3.76. The van der Waals surface area contributed by atoms with Gasteiger partial charge in [-0.1, -0.05) is 24.3 Å². The van der Waals surface area contributed by atoms with Crippen molar-refractivity contribution < 1.29 is 9.21 Å². The molecule has 3 aromatic rings. The Hall–Kier alpha value is -2.66. The molecule has 0 spiro atoms. The van der Waals surface area contributed by atoms with Gasteiger partial charge in [-0.05, 0) is 29.8 Å². The van der Waals surface area contributed by atoms with Gasteiger partial charge in [-0.2, -0.15) is 0 Å². The number of amides is 1. The number of fused-ring (bicyclic) bond motifs is 1. The number of hydrogen-bond donors (Lipinski definition) is 1. The molecule has 0 aliphatic carbocycles. The Morgan fingerprint density at radius 1 is 1.17 bits per heavy atom. The average Bonchev–Trinajstić information content (AvgIpc) is 2.99. The third-order valence-electron chi connectivity index (χ3n) is 3.99. The molecule has 0 unspecified atom stereocenters. The third kappa shape index (κ3) is 2.96. The molecular formula is C18H17N3O2. The van der Waals surface area contributed by atoms with Gasteiger partial charge in [0.1, 0.15) is 5.52 Å². The second-order valence-corrected chi connectivity index (χ2v) is 5.75. The van der Waals surface area contributed by atoms with Gasteiger partial charge in [0.15, 0.2) is 5.58 Å². The molecule has 0 radical (unpaired) electrons. The van der Waals surface area contributed by atoms with E-state index in [1.807, 2.05) is 36.4 Å². The number of rotatable bonds is 3. The highest BCUT2D eigenvalue weighted by Gasteiger charge is 2.16. The molecular weight excluding hydrogens is 290 g/mol. The van der Waals surface area contributed by atoms with Crippen LogP contribution in [-0.4, -0.2) is 35.4 Å². The maximum absolute atomic E-state index is 11.5. The van der Waals surface area contributed by atoms with E-state index < -0.39 is 0 Å². The molecule has 1 N–H and O–H groups in total. The number of aromatic nitrogens is 1. The second-order valence-electron chi connectivity index (χ2n) is 5.75. The molecule has 1 fully saturated rings. The van der Waals surface area contributed by atoms with Crippen molar-refractivity contribution in [2.75, 3.05) is 19.6 Å². The third-order valence-corrected chi connectivity index (χ3v) is 3.99. The number of carbonyl (C=O) groups excluding carboxylic acids is 1. The van der Waals surface area contributed by atoms with Gasteiger partial charge < -0.3 is 9.73 Å². The normalized spacial score (nSPS) is 15.7. The summed E-state index contributed by atoms with van der Waals surface area (Å²) in [5, 5.41) is 2.84. The molecule has 2 aromatic carbocycles.